The van der Waals surface area contributed by atoms with Crippen molar-refractivity contribution in [1.29, 1.82) is 0 Å². The Morgan fingerprint density at radius 2 is 1.00 bits per heavy atom. The molecule has 3 nitrogen and oxygen atoms in total. The van der Waals surface area contributed by atoms with Crippen molar-refractivity contribution in [3.05, 3.63) is 205 Å². The van der Waals surface area contributed by atoms with Gasteiger partial charge < -0.3 is 4.42 Å². The van der Waals surface area contributed by atoms with Crippen LogP contribution in [-0.4, -0.2) is 9.97 Å². The molecule has 0 amide bonds. The second-order valence-corrected chi connectivity index (χ2v) is 16.5. The SMILES string of the molecule is CC1(C)c2cc3ccccc3cc2-c2c(-c3ccc(-c4cc(-c5cccc(-c6ccc7c(c6)oc6ccccc67)c5)nc(-c5ccccc5)n4)c4ccccc34)cccc21. The van der Waals surface area contributed by atoms with E-state index in [1.807, 2.05) is 30.3 Å². The number of para-hydroxylation sites is 1. The second-order valence-electron chi connectivity index (χ2n) is 16.5. The summed E-state index contributed by atoms with van der Waals surface area (Å²) < 4.78 is 6.27. The molecule has 11 aromatic rings. The molecule has 0 spiro atoms. The Morgan fingerprint density at radius 1 is 0.367 bits per heavy atom. The van der Waals surface area contributed by atoms with Crippen LogP contribution in [0.1, 0.15) is 25.0 Å². The molecule has 0 aliphatic heterocycles. The van der Waals surface area contributed by atoms with Crippen LogP contribution in [0.5, 0.6) is 0 Å². The second kappa shape index (κ2) is 13.2. The first-order valence-electron chi connectivity index (χ1n) is 20.6. The van der Waals surface area contributed by atoms with E-state index < -0.39 is 0 Å². The molecule has 0 bridgehead atoms. The van der Waals surface area contributed by atoms with Crippen LogP contribution in [0.3, 0.4) is 0 Å². The third-order valence-corrected chi connectivity index (χ3v) is 12.7. The van der Waals surface area contributed by atoms with Crippen LogP contribution in [0.2, 0.25) is 0 Å². The van der Waals surface area contributed by atoms with Crippen molar-refractivity contribution in [2.75, 3.05) is 0 Å². The van der Waals surface area contributed by atoms with E-state index in [4.69, 9.17) is 14.4 Å². The van der Waals surface area contributed by atoms with Crippen molar-refractivity contribution < 1.29 is 4.42 Å². The summed E-state index contributed by atoms with van der Waals surface area (Å²) in [5.74, 6) is 0.692. The van der Waals surface area contributed by atoms with Gasteiger partial charge in [-0.25, -0.2) is 9.97 Å². The predicted octanol–water partition coefficient (Wildman–Crippen LogP) is 15.3. The average Bonchev–Trinajstić information content (AvgIpc) is 3.79. The Bertz CT molecular complexity index is 3520. The summed E-state index contributed by atoms with van der Waals surface area (Å²) in [4.78, 5) is 10.5. The Hall–Kier alpha value is -7.62. The minimum atomic E-state index is -0.122. The average molecular weight is 767 g/mol. The minimum Gasteiger partial charge on any atom is -0.456 e. The Kier molecular flexibility index (Phi) is 7.58. The van der Waals surface area contributed by atoms with Crippen molar-refractivity contribution >= 4 is 43.5 Å². The maximum absolute atomic E-state index is 6.27. The third-order valence-electron chi connectivity index (χ3n) is 12.7. The van der Waals surface area contributed by atoms with Crippen molar-refractivity contribution in [2.24, 2.45) is 0 Å². The van der Waals surface area contributed by atoms with Gasteiger partial charge in [-0.05, 0) is 109 Å². The first-order chi connectivity index (χ1) is 29.5. The molecule has 0 N–H and O–H groups in total. The van der Waals surface area contributed by atoms with E-state index in [0.29, 0.717) is 5.82 Å². The molecular weight excluding hydrogens is 729 g/mol. The quantitative estimate of drug-likeness (QED) is 0.175. The molecule has 2 aromatic heterocycles. The highest BCUT2D eigenvalue weighted by atomic mass is 16.3. The first-order valence-corrected chi connectivity index (χ1v) is 20.6. The fourth-order valence-electron chi connectivity index (χ4n) is 9.67. The molecule has 0 atom stereocenters. The van der Waals surface area contributed by atoms with E-state index in [1.165, 1.54) is 49.5 Å². The molecule has 0 unspecified atom stereocenters. The van der Waals surface area contributed by atoms with E-state index in [-0.39, 0.29) is 5.41 Å². The summed E-state index contributed by atoms with van der Waals surface area (Å²) in [5, 5.41) is 7.14. The van der Waals surface area contributed by atoms with Crippen LogP contribution >= 0.6 is 0 Å². The highest BCUT2D eigenvalue weighted by molar-refractivity contribution is 6.09. The minimum absolute atomic E-state index is 0.122. The molecule has 0 saturated heterocycles. The molecule has 3 heteroatoms. The lowest BCUT2D eigenvalue weighted by molar-refractivity contribution is 0.661. The lowest BCUT2D eigenvalue weighted by Gasteiger charge is -2.22. The maximum Gasteiger partial charge on any atom is 0.160 e. The molecule has 1 aliphatic rings. The molecule has 9 aromatic carbocycles. The van der Waals surface area contributed by atoms with Crippen molar-refractivity contribution in [3.63, 3.8) is 0 Å². The number of furan rings is 1. The molecule has 2 heterocycles. The molecule has 0 saturated carbocycles. The number of hydrogen-bond acceptors (Lipinski definition) is 3. The zero-order valence-electron chi connectivity index (χ0n) is 33.3. The summed E-state index contributed by atoms with van der Waals surface area (Å²) in [6, 6.07) is 69.5. The number of rotatable bonds is 5. The van der Waals surface area contributed by atoms with Crippen LogP contribution < -0.4 is 0 Å². The van der Waals surface area contributed by atoms with E-state index in [0.717, 1.165) is 66.5 Å². The largest absolute Gasteiger partial charge is 0.456 e. The summed E-state index contributed by atoms with van der Waals surface area (Å²) in [6.07, 6.45) is 0. The van der Waals surface area contributed by atoms with Gasteiger partial charge in [-0.15, -0.1) is 0 Å². The van der Waals surface area contributed by atoms with Gasteiger partial charge in [0.2, 0.25) is 0 Å². The standard InChI is InChI=1S/C57H38N2O/c1-57(2)49-24-13-23-47(55(49)48-31-37-16-6-7-17-38(37)32-50(48)57)43-28-29-44(42-21-9-8-20-41(42)43)52-34-51(58-56(59-52)35-14-4-3-5-15-35)40-19-12-18-36(30-40)39-26-27-46-45-22-10-11-25-53(45)60-54(46)33-39/h3-34H,1-2H3. The van der Waals surface area contributed by atoms with E-state index in [1.54, 1.807) is 0 Å². The zero-order valence-corrected chi connectivity index (χ0v) is 33.3. The van der Waals surface area contributed by atoms with Gasteiger partial charge in [0.05, 0.1) is 11.4 Å². The highest BCUT2D eigenvalue weighted by Gasteiger charge is 2.37. The third kappa shape index (κ3) is 5.36. The first kappa shape index (κ1) is 34.4. The van der Waals surface area contributed by atoms with Gasteiger partial charge in [0, 0.05) is 32.9 Å². The molecular formula is C57H38N2O. The van der Waals surface area contributed by atoms with Crippen LogP contribution in [0.25, 0.3) is 111 Å². The van der Waals surface area contributed by atoms with Gasteiger partial charge in [-0.1, -0.05) is 166 Å². The number of benzene rings is 9. The Labute approximate surface area is 348 Å². The maximum atomic E-state index is 6.27. The fourth-order valence-corrected chi connectivity index (χ4v) is 9.67. The summed E-state index contributed by atoms with van der Waals surface area (Å²) in [7, 11) is 0. The van der Waals surface area contributed by atoms with Gasteiger partial charge in [0.1, 0.15) is 11.2 Å². The monoisotopic (exact) mass is 766 g/mol. The smallest absolute Gasteiger partial charge is 0.160 e. The number of nitrogens with zero attached hydrogens (tertiary/aromatic N) is 2. The van der Waals surface area contributed by atoms with Gasteiger partial charge >= 0.3 is 0 Å². The highest BCUT2D eigenvalue weighted by Crippen LogP contribution is 2.54. The molecule has 0 fully saturated rings. The normalized spacial score (nSPS) is 13.0. The molecule has 60 heavy (non-hydrogen) atoms. The van der Waals surface area contributed by atoms with Crippen LogP contribution in [0, 0.1) is 0 Å². The molecule has 12 rings (SSSR count). The lowest BCUT2D eigenvalue weighted by atomic mass is 9.81. The molecule has 1 aliphatic carbocycles. The Balaban J connectivity index is 1.01. The van der Waals surface area contributed by atoms with Crippen LogP contribution in [0.4, 0.5) is 0 Å². The van der Waals surface area contributed by atoms with Gasteiger partial charge in [-0.3, -0.25) is 0 Å². The number of aromatic nitrogens is 2. The van der Waals surface area contributed by atoms with E-state index >= 15 is 0 Å². The summed E-state index contributed by atoms with van der Waals surface area (Å²) >= 11 is 0. The van der Waals surface area contributed by atoms with Crippen molar-refractivity contribution in [1.82, 2.24) is 9.97 Å². The van der Waals surface area contributed by atoms with Gasteiger partial charge in [0.15, 0.2) is 5.82 Å². The van der Waals surface area contributed by atoms with Crippen molar-refractivity contribution in [3.8, 4) is 67.3 Å². The zero-order chi connectivity index (χ0) is 40.0. The van der Waals surface area contributed by atoms with Crippen LogP contribution in [-0.2, 0) is 5.41 Å². The fraction of sp³-hybridized carbons (Fsp3) is 0.0526. The topological polar surface area (TPSA) is 38.9 Å². The molecule has 0 radical (unpaired) electrons. The number of hydrogen-bond donors (Lipinski definition) is 0. The Morgan fingerprint density at radius 3 is 1.85 bits per heavy atom. The van der Waals surface area contributed by atoms with Crippen LogP contribution in [0.15, 0.2) is 199 Å². The van der Waals surface area contributed by atoms with E-state index in [2.05, 4.69) is 178 Å². The van der Waals surface area contributed by atoms with Gasteiger partial charge in [0.25, 0.3) is 0 Å². The van der Waals surface area contributed by atoms with Crippen molar-refractivity contribution in [2.45, 2.75) is 19.3 Å². The lowest BCUT2D eigenvalue weighted by Crippen LogP contribution is -2.14. The van der Waals surface area contributed by atoms with Gasteiger partial charge in [-0.2, -0.15) is 0 Å². The summed E-state index contributed by atoms with van der Waals surface area (Å²) in [5.41, 5.74) is 16.5. The number of fused-ring (bicyclic) bond motifs is 8. The molecule has 282 valence electrons. The van der Waals surface area contributed by atoms with E-state index in [9.17, 15) is 0 Å². The predicted molar refractivity (Wildman–Crippen MR) is 249 cm³/mol. The summed E-state index contributed by atoms with van der Waals surface area (Å²) in [6.45, 7) is 4.73.